The van der Waals surface area contributed by atoms with E-state index in [4.69, 9.17) is 14.2 Å². The van der Waals surface area contributed by atoms with Crippen molar-refractivity contribution in [3.8, 4) is 17.2 Å². The standard InChI is InChI=1S/C23H34N4O3.HI/c1-6-27(19-11-8-7-9-12-19)16-10-15-25-23(24-2)26-17-18-13-14-20(28-3)22(30-5)21(18)29-4;/h7-9,11-14H,6,10,15-17H2,1-5H3,(H2,24,25,26);1H. The monoisotopic (exact) mass is 542 g/mol. The van der Waals surface area contributed by atoms with Crippen molar-refractivity contribution in [3.63, 3.8) is 0 Å². The van der Waals surface area contributed by atoms with Crippen molar-refractivity contribution in [1.82, 2.24) is 10.6 Å². The van der Waals surface area contributed by atoms with Crippen LogP contribution in [0.15, 0.2) is 47.5 Å². The minimum atomic E-state index is 0. The Morgan fingerprint density at radius 1 is 0.935 bits per heavy atom. The molecule has 2 N–H and O–H groups in total. The minimum Gasteiger partial charge on any atom is -0.493 e. The van der Waals surface area contributed by atoms with E-state index in [0.717, 1.165) is 37.6 Å². The topological polar surface area (TPSA) is 67.4 Å². The van der Waals surface area contributed by atoms with Gasteiger partial charge in [0.2, 0.25) is 5.75 Å². The molecule has 0 saturated carbocycles. The zero-order valence-electron chi connectivity index (χ0n) is 19.1. The maximum absolute atomic E-state index is 5.54. The lowest BCUT2D eigenvalue weighted by molar-refractivity contribution is 0.322. The maximum Gasteiger partial charge on any atom is 0.203 e. The summed E-state index contributed by atoms with van der Waals surface area (Å²) in [5.41, 5.74) is 2.21. The Hall–Kier alpha value is -2.36. The first kappa shape index (κ1) is 26.7. The largest absolute Gasteiger partial charge is 0.493 e. The zero-order valence-corrected chi connectivity index (χ0v) is 21.4. The lowest BCUT2D eigenvalue weighted by atomic mass is 10.1. The number of nitrogens with zero attached hydrogens (tertiary/aromatic N) is 2. The van der Waals surface area contributed by atoms with Gasteiger partial charge in [-0.25, -0.2) is 0 Å². The molecule has 0 aliphatic rings. The van der Waals surface area contributed by atoms with Crippen molar-refractivity contribution in [2.45, 2.75) is 19.9 Å². The highest BCUT2D eigenvalue weighted by molar-refractivity contribution is 14.0. The summed E-state index contributed by atoms with van der Waals surface area (Å²) in [7, 11) is 6.61. The normalized spacial score (nSPS) is 10.7. The van der Waals surface area contributed by atoms with Crippen molar-refractivity contribution in [2.24, 2.45) is 4.99 Å². The first-order chi connectivity index (χ1) is 14.7. The van der Waals surface area contributed by atoms with Crippen molar-refractivity contribution in [1.29, 1.82) is 0 Å². The number of hydrogen-bond donors (Lipinski definition) is 2. The third-order valence-electron chi connectivity index (χ3n) is 4.86. The van der Waals surface area contributed by atoms with Crippen LogP contribution in [0.25, 0.3) is 0 Å². The molecule has 31 heavy (non-hydrogen) atoms. The van der Waals surface area contributed by atoms with Crippen LogP contribution < -0.4 is 29.7 Å². The number of anilines is 1. The summed E-state index contributed by atoms with van der Waals surface area (Å²) in [5.74, 6) is 2.62. The fourth-order valence-corrected chi connectivity index (χ4v) is 3.29. The maximum atomic E-state index is 5.54. The number of para-hydroxylation sites is 1. The summed E-state index contributed by atoms with van der Waals surface area (Å²) >= 11 is 0. The van der Waals surface area contributed by atoms with Gasteiger partial charge < -0.3 is 29.7 Å². The Kier molecular flexibility index (Phi) is 12.6. The number of guanidine groups is 1. The first-order valence-corrected chi connectivity index (χ1v) is 10.2. The molecule has 0 aliphatic heterocycles. The molecule has 2 rings (SSSR count). The molecule has 0 fully saturated rings. The third kappa shape index (κ3) is 7.68. The van der Waals surface area contributed by atoms with Gasteiger partial charge in [0, 0.05) is 44.5 Å². The average Bonchev–Trinajstić information content (AvgIpc) is 2.80. The van der Waals surface area contributed by atoms with Crippen LogP contribution in [0.5, 0.6) is 17.2 Å². The second-order valence-electron chi connectivity index (χ2n) is 6.61. The van der Waals surface area contributed by atoms with E-state index in [1.807, 2.05) is 18.2 Å². The molecular formula is C23H35IN4O3. The van der Waals surface area contributed by atoms with E-state index in [9.17, 15) is 0 Å². The Balaban J connectivity index is 0.00000480. The molecule has 0 bridgehead atoms. The molecule has 0 aromatic heterocycles. The molecule has 0 unspecified atom stereocenters. The Morgan fingerprint density at radius 2 is 1.65 bits per heavy atom. The molecule has 0 amide bonds. The van der Waals surface area contributed by atoms with Gasteiger partial charge >= 0.3 is 0 Å². The smallest absolute Gasteiger partial charge is 0.203 e. The van der Waals surface area contributed by atoms with Crippen LogP contribution >= 0.6 is 24.0 Å². The molecule has 0 atom stereocenters. The number of benzene rings is 2. The van der Waals surface area contributed by atoms with E-state index in [-0.39, 0.29) is 24.0 Å². The second kappa shape index (κ2) is 14.6. The van der Waals surface area contributed by atoms with E-state index >= 15 is 0 Å². The summed E-state index contributed by atoms with van der Waals surface area (Å²) in [6.45, 7) is 5.52. The number of nitrogens with one attached hydrogen (secondary N) is 2. The summed E-state index contributed by atoms with van der Waals surface area (Å²) in [5, 5.41) is 6.71. The second-order valence-corrected chi connectivity index (χ2v) is 6.61. The predicted octanol–water partition coefficient (Wildman–Crippen LogP) is 3.91. The minimum absolute atomic E-state index is 0. The van der Waals surface area contributed by atoms with Gasteiger partial charge in [-0.05, 0) is 37.6 Å². The van der Waals surface area contributed by atoms with Crippen molar-refractivity contribution in [2.75, 3.05) is 52.9 Å². The number of hydrogen-bond acceptors (Lipinski definition) is 5. The van der Waals surface area contributed by atoms with Crippen LogP contribution in [0.3, 0.4) is 0 Å². The number of methoxy groups -OCH3 is 3. The molecule has 0 heterocycles. The molecule has 0 saturated heterocycles. The molecule has 2 aromatic carbocycles. The van der Waals surface area contributed by atoms with Crippen LogP contribution in [0, 0.1) is 0 Å². The Bertz CT molecular complexity index is 803. The molecule has 2 aromatic rings. The Labute approximate surface area is 203 Å². The van der Waals surface area contributed by atoms with Crippen LogP contribution in [0.4, 0.5) is 5.69 Å². The molecule has 8 heteroatoms. The van der Waals surface area contributed by atoms with E-state index in [2.05, 4.69) is 51.7 Å². The molecular weight excluding hydrogens is 507 g/mol. The summed E-state index contributed by atoms with van der Waals surface area (Å²) in [6, 6.07) is 14.3. The summed E-state index contributed by atoms with van der Waals surface area (Å²) < 4.78 is 16.3. The van der Waals surface area contributed by atoms with Crippen molar-refractivity contribution in [3.05, 3.63) is 48.0 Å². The van der Waals surface area contributed by atoms with Crippen LogP contribution in [-0.4, -0.2) is 54.0 Å². The predicted molar refractivity (Wildman–Crippen MR) is 139 cm³/mol. The van der Waals surface area contributed by atoms with Gasteiger partial charge in [-0.15, -0.1) is 24.0 Å². The van der Waals surface area contributed by atoms with E-state index in [1.54, 1.807) is 28.4 Å². The van der Waals surface area contributed by atoms with Crippen molar-refractivity contribution >= 4 is 35.6 Å². The molecule has 0 spiro atoms. The first-order valence-electron chi connectivity index (χ1n) is 10.2. The SMILES string of the molecule is CCN(CCCNC(=NC)NCc1ccc(OC)c(OC)c1OC)c1ccccc1.I. The fourth-order valence-electron chi connectivity index (χ4n) is 3.29. The zero-order chi connectivity index (χ0) is 21.8. The number of aliphatic imine (C=N–C) groups is 1. The fraction of sp³-hybridized carbons (Fsp3) is 0.435. The van der Waals surface area contributed by atoms with Gasteiger partial charge in [-0.1, -0.05) is 18.2 Å². The molecule has 172 valence electrons. The molecule has 0 aliphatic carbocycles. The van der Waals surface area contributed by atoms with E-state index in [0.29, 0.717) is 23.8 Å². The highest BCUT2D eigenvalue weighted by Crippen LogP contribution is 2.39. The van der Waals surface area contributed by atoms with Crippen LogP contribution in [0.2, 0.25) is 0 Å². The lowest BCUT2D eigenvalue weighted by Gasteiger charge is -2.23. The van der Waals surface area contributed by atoms with Crippen molar-refractivity contribution < 1.29 is 14.2 Å². The number of rotatable bonds is 11. The molecule has 0 radical (unpaired) electrons. The van der Waals surface area contributed by atoms with Crippen LogP contribution in [0.1, 0.15) is 18.9 Å². The Morgan fingerprint density at radius 3 is 2.23 bits per heavy atom. The highest BCUT2D eigenvalue weighted by atomic mass is 127. The van der Waals surface area contributed by atoms with Gasteiger partial charge in [0.25, 0.3) is 0 Å². The third-order valence-corrected chi connectivity index (χ3v) is 4.86. The van der Waals surface area contributed by atoms with Gasteiger partial charge in [-0.3, -0.25) is 4.99 Å². The van der Waals surface area contributed by atoms with Gasteiger partial charge in [0.15, 0.2) is 17.5 Å². The summed E-state index contributed by atoms with van der Waals surface area (Å²) in [4.78, 5) is 6.68. The van der Waals surface area contributed by atoms with Gasteiger partial charge in [-0.2, -0.15) is 0 Å². The van der Waals surface area contributed by atoms with Gasteiger partial charge in [0.05, 0.1) is 21.3 Å². The molecule has 7 nitrogen and oxygen atoms in total. The lowest BCUT2D eigenvalue weighted by Crippen LogP contribution is -2.38. The summed E-state index contributed by atoms with van der Waals surface area (Å²) in [6.07, 6.45) is 1.00. The number of ether oxygens (including phenoxy) is 3. The van der Waals surface area contributed by atoms with E-state index in [1.165, 1.54) is 5.69 Å². The quantitative estimate of drug-likeness (QED) is 0.194. The van der Waals surface area contributed by atoms with Gasteiger partial charge in [0.1, 0.15) is 0 Å². The van der Waals surface area contributed by atoms with Crippen LogP contribution in [-0.2, 0) is 6.54 Å². The average molecular weight is 542 g/mol. The van der Waals surface area contributed by atoms with E-state index < -0.39 is 0 Å². The number of halogens is 1. The highest BCUT2D eigenvalue weighted by Gasteiger charge is 2.15.